The van der Waals surface area contributed by atoms with Crippen molar-refractivity contribution in [3.8, 4) is 5.69 Å². The van der Waals surface area contributed by atoms with E-state index in [2.05, 4.69) is 15.3 Å². The standard InChI is InChI=1S/C11H8N4O/c16-11-6-5-8(7-12-11)15-10-4-2-1-3-9(10)13-14-15/h1-7H,(H,12,16). The van der Waals surface area contributed by atoms with Crippen molar-refractivity contribution in [1.82, 2.24) is 20.0 Å². The van der Waals surface area contributed by atoms with E-state index < -0.39 is 0 Å². The SMILES string of the molecule is O=c1ccc(-n2nnc3ccccc32)c[nH]1. The number of fused-ring (bicyclic) bond motifs is 1. The van der Waals surface area contributed by atoms with E-state index in [1.165, 1.54) is 6.07 Å². The summed E-state index contributed by atoms with van der Waals surface area (Å²) in [6.07, 6.45) is 1.61. The fourth-order valence-electron chi connectivity index (χ4n) is 1.59. The predicted octanol–water partition coefficient (Wildman–Crippen LogP) is 1.11. The Morgan fingerprint density at radius 2 is 2.00 bits per heavy atom. The Morgan fingerprint density at radius 1 is 1.12 bits per heavy atom. The third-order valence-corrected chi connectivity index (χ3v) is 2.36. The number of H-pyrrole nitrogens is 1. The molecule has 0 aliphatic rings. The third kappa shape index (κ3) is 1.30. The summed E-state index contributed by atoms with van der Waals surface area (Å²) in [4.78, 5) is 13.6. The van der Waals surface area contributed by atoms with Crippen molar-refractivity contribution in [1.29, 1.82) is 0 Å². The van der Waals surface area contributed by atoms with Gasteiger partial charge in [-0.3, -0.25) is 4.79 Å². The van der Waals surface area contributed by atoms with E-state index in [1.54, 1.807) is 16.9 Å². The first-order valence-electron chi connectivity index (χ1n) is 4.84. The fraction of sp³-hybridized carbons (Fsp3) is 0. The average molecular weight is 212 g/mol. The molecule has 0 spiro atoms. The normalized spacial score (nSPS) is 10.8. The van der Waals surface area contributed by atoms with Crippen LogP contribution in [0, 0.1) is 0 Å². The highest BCUT2D eigenvalue weighted by atomic mass is 16.1. The summed E-state index contributed by atoms with van der Waals surface area (Å²) in [7, 11) is 0. The molecule has 0 saturated carbocycles. The Labute approximate surface area is 90.3 Å². The lowest BCUT2D eigenvalue weighted by Gasteiger charge is -1.99. The summed E-state index contributed by atoms with van der Waals surface area (Å²) in [5, 5.41) is 8.08. The summed E-state index contributed by atoms with van der Waals surface area (Å²) in [6.45, 7) is 0. The summed E-state index contributed by atoms with van der Waals surface area (Å²) in [5.74, 6) is 0. The van der Waals surface area contributed by atoms with Gasteiger partial charge in [0.05, 0.1) is 11.2 Å². The highest BCUT2D eigenvalue weighted by Gasteiger charge is 2.04. The van der Waals surface area contributed by atoms with Gasteiger partial charge in [-0.15, -0.1) is 5.10 Å². The highest BCUT2D eigenvalue weighted by molar-refractivity contribution is 5.75. The molecule has 16 heavy (non-hydrogen) atoms. The Kier molecular flexibility index (Phi) is 1.83. The van der Waals surface area contributed by atoms with Gasteiger partial charge in [0.25, 0.3) is 0 Å². The second kappa shape index (κ2) is 3.30. The van der Waals surface area contributed by atoms with Crippen molar-refractivity contribution in [2.45, 2.75) is 0 Å². The van der Waals surface area contributed by atoms with Crippen molar-refractivity contribution in [2.75, 3.05) is 0 Å². The largest absolute Gasteiger partial charge is 0.327 e. The predicted molar refractivity (Wildman–Crippen MR) is 59.5 cm³/mol. The quantitative estimate of drug-likeness (QED) is 0.657. The molecule has 78 valence electrons. The molecule has 0 aliphatic heterocycles. The first kappa shape index (κ1) is 8.84. The van der Waals surface area contributed by atoms with Crippen molar-refractivity contribution in [2.24, 2.45) is 0 Å². The zero-order valence-corrected chi connectivity index (χ0v) is 8.29. The van der Waals surface area contributed by atoms with Gasteiger partial charge in [-0.25, -0.2) is 4.68 Å². The van der Waals surface area contributed by atoms with E-state index in [1.807, 2.05) is 24.3 Å². The maximum atomic E-state index is 11.0. The van der Waals surface area contributed by atoms with Crippen molar-refractivity contribution >= 4 is 11.0 Å². The second-order valence-electron chi connectivity index (χ2n) is 3.40. The Balaban J connectivity index is 2.26. The molecule has 5 heteroatoms. The van der Waals surface area contributed by atoms with Gasteiger partial charge < -0.3 is 4.98 Å². The Bertz CT molecular complexity index is 678. The number of rotatable bonds is 1. The molecule has 0 amide bonds. The average Bonchev–Trinajstić information content (AvgIpc) is 2.74. The number of nitrogens with zero attached hydrogens (tertiary/aromatic N) is 3. The van der Waals surface area contributed by atoms with Crippen LogP contribution >= 0.6 is 0 Å². The van der Waals surface area contributed by atoms with Crippen LogP contribution in [-0.4, -0.2) is 20.0 Å². The number of hydrogen-bond donors (Lipinski definition) is 1. The first-order valence-corrected chi connectivity index (χ1v) is 4.84. The lowest BCUT2D eigenvalue weighted by molar-refractivity contribution is 0.819. The number of aromatic nitrogens is 4. The van der Waals surface area contributed by atoms with E-state index >= 15 is 0 Å². The van der Waals surface area contributed by atoms with Crippen molar-refractivity contribution in [3.05, 3.63) is 52.9 Å². The summed E-state index contributed by atoms with van der Waals surface area (Å²) >= 11 is 0. The van der Waals surface area contributed by atoms with E-state index in [0.29, 0.717) is 0 Å². The van der Waals surface area contributed by atoms with E-state index in [9.17, 15) is 4.79 Å². The van der Waals surface area contributed by atoms with Crippen LogP contribution in [0.3, 0.4) is 0 Å². The van der Waals surface area contributed by atoms with E-state index in [0.717, 1.165) is 16.7 Å². The van der Waals surface area contributed by atoms with E-state index in [-0.39, 0.29) is 5.56 Å². The topological polar surface area (TPSA) is 63.6 Å². The molecule has 2 heterocycles. The molecular weight excluding hydrogens is 204 g/mol. The third-order valence-electron chi connectivity index (χ3n) is 2.36. The molecule has 0 fully saturated rings. The lowest BCUT2D eigenvalue weighted by Crippen LogP contribution is -2.05. The van der Waals surface area contributed by atoms with Gasteiger partial charge in [-0.1, -0.05) is 17.3 Å². The fourth-order valence-corrected chi connectivity index (χ4v) is 1.59. The van der Waals surface area contributed by atoms with Crippen LogP contribution in [0.25, 0.3) is 16.7 Å². The van der Waals surface area contributed by atoms with Crippen LogP contribution in [0.1, 0.15) is 0 Å². The Morgan fingerprint density at radius 3 is 2.81 bits per heavy atom. The molecule has 0 aliphatic carbocycles. The number of benzene rings is 1. The summed E-state index contributed by atoms with van der Waals surface area (Å²) in [5.41, 5.74) is 2.39. The molecule has 2 aromatic heterocycles. The van der Waals surface area contributed by atoms with E-state index in [4.69, 9.17) is 0 Å². The van der Waals surface area contributed by atoms with Crippen LogP contribution in [0.4, 0.5) is 0 Å². The summed E-state index contributed by atoms with van der Waals surface area (Å²) < 4.78 is 1.69. The molecular formula is C11H8N4O. The van der Waals surface area contributed by atoms with Crippen LogP contribution in [-0.2, 0) is 0 Å². The molecule has 0 radical (unpaired) electrons. The van der Waals surface area contributed by atoms with Crippen LogP contribution in [0.5, 0.6) is 0 Å². The molecule has 0 atom stereocenters. The van der Waals surface area contributed by atoms with Gasteiger partial charge >= 0.3 is 0 Å². The lowest BCUT2D eigenvalue weighted by atomic mass is 10.3. The second-order valence-corrected chi connectivity index (χ2v) is 3.40. The minimum Gasteiger partial charge on any atom is -0.327 e. The molecule has 5 nitrogen and oxygen atoms in total. The van der Waals surface area contributed by atoms with Gasteiger partial charge in [0.2, 0.25) is 5.56 Å². The highest BCUT2D eigenvalue weighted by Crippen LogP contribution is 2.13. The molecule has 1 N–H and O–H groups in total. The maximum absolute atomic E-state index is 11.0. The number of pyridine rings is 1. The molecule has 3 aromatic rings. The number of nitrogens with one attached hydrogen (secondary N) is 1. The van der Waals surface area contributed by atoms with Crippen LogP contribution in [0.15, 0.2) is 47.4 Å². The molecule has 3 rings (SSSR count). The monoisotopic (exact) mass is 212 g/mol. The van der Waals surface area contributed by atoms with Gasteiger partial charge in [-0.05, 0) is 18.2 Å². The number of hydrogen-bond acceptors (Lipinski definition) is 3. The van der Waals surface area contributed by atoms with Gasteiger partial charge in [-0.2, -0.15) is 0 Å². The molecule has 0 bridgehead atoms. The number of para-hydroxylation sites is 1. The van der Waals surface area contributed by atoms with Gasteiger partial charge in [0.1, 0.15) is 5.52 Å². The molecule has 0 unspecified atom stereocenters. The Hall–Kier alpha value is -2.43. The number of aromatic amines is 1. The minimum absolute atomic E-state index is 0.131. The maximum Gasteiger partial charge on any atom is 0.248 e. The van der Waals surface area contributed by atoms with Crippen LogP contribution < -0.4 is 5.56 Å². The van der Waals surface area contributed by atoms with Crippen LogP contribution in [0.2, 0.25) is 0 Å². The minimum atomic E-state index is -0.131. The van der Waals surface area contributed by atoms with Gasteiger partial charge in [0, 0.05) is 12.3 Å². The molecule has 1 aromatic carbocycles. The molecule has 0 saturated heterocycles. The van der Waals surface area contributed by atoms with Crippen molar-refractivity contribution < 1.29 is 0 Å². The van der Waals surface area contributed by atoms with Gasteiger partial charge in [0.15, 0.2) is 0 Å². The summed E-state index contributed by atoms with van der Waals surface area (Å²) in [6, 6.07) is 10.8. The zero-order chi connectivity index (χ0) is 11.0. The smallest absolute Gasteiger partial charge is 0.248 e. The zero-order valence-electron chi connectivity index (χ0n) is 8.29. The van der Waals surface area contributed by atoms with Crippen molar-refractivity contribution in [3.63, 3.8) is 0 Å². The first-order chi connectivity index (χ1) is 7.84.